The number of piperazine rings is 1. The summed E-state index contributed by atoms with van der Waals surface area (Å²) >= 11 is 0. The summed E-state index contributed by atoms with van der Waals surface area (Å²) in [4.78, 5) is 2.42. The second-order valence-electron chi connectivity index (χ2n) is 8.58. The van der Waals surface area contributed by atoms with E-state index in [0.29, 0.717) is 11.7 Å². The van der Waals surface area contributed by atoms with Crippen LogP contribution in [0.3, 0.4) is 0 Å². The van der Waals surface area contributed by atoms with Gasteiger partial charge in [0.05, 0.1) is 7.11 Å². The average Bonchev–Trinajstić information content (AvgIpc) is 2.89. The number of rotatable bonds is 4. The average molecular weight is 514 g/mol. The van der Waals surface area contributed by atoms with Crippen molar-refractivity contribution in [2.24, 2.45) is 0 Å². The molecule has 1 radical (unpaired) electrons. The number of aromatic hydroxyl groups is 1. The monoisotopic (exact) mass is 513 g/mol. The van der Waals surface area contributed by atoms with Crippen molar-refractivity contribution in [1.82, 2.24) is 5.32 Å². The van der Waals surface area contributed by atoms with Crippen LogP contribution in [0.1, 0.15) is 54.4 Å². The predicted molar refractivity (Wildman–Crippen MR) is 140 cm³/mol. The van der Waals surface area contributed by atoms with E-state index < -0.39 is 0 Å². The Labute approximate surface area is 221 Å². The maximum absolute atomic E-state index is 10.1. The Bertz CT molecular complexity index is 1060. The molecule has 2 aliphatic rings. The Balaban J connectivity index is 0.00000105. The van der Waals surface area contributed by atoms with Gasteiger partial charge in [-0.1, -0.05) is 56.3 Å². The third kappa shape index (κ3) is 6.23. The number of nitrogens with one attached hydrogen (secondary N) is 1. The van der Waals surface area contributed by atoms with Gasteiger partial charge in [-0.3, -0.25) is 0 Å². The number of benzene rings is 3. The van der Waals surface area contributed by atoms with Crippen LogP contribution in [0.15, 0.2) is 66.7 Å². The van der Waals surface area contributed by atoms with Crippen LogP contribution in [0.5, 0.6) is 11.5 Å². The molecule has 1 aliphatic carbocycles. The first-order valence-corrected chi connectivity index (χ1v) is 12.2. The summed E-state index contributed by atoms with van der Waals surface area (Å²) in [5, 5.41) is 13.5. The summed E-state index contributed by atoms with van der Waals surface area (Å²) in [6, 6.07) is 23.4. The molecule has 1 aliphatic heterocycles. The standard InChI is InChI=1S/C27H30N2O2.C2H6.H2O.V/c1-31-26-18-21(29-15-13-28-14-16-29)8-11-25(26)27-23(19-5-3-2-4-6-19)10-7-20-17-22(30)9-12-24(20)27;1-2;;/h2-6,8-9,11-12,17-18,23,27-28,30H,7,10,13-16H2,1H3;1-2H3;1H2;. The molecule has 4 N–H and O–H groups in total. The van der Waals surface area contributed by atoms with Gasteiger partial charge in [0, 0.05) is 68.0 Å². The summed E-state index contributed by atoms with van der Waals surface area (Å²) in [5.74, 6) is 1.86. The Kier molecular flexibility index (Phi) is 11.2. The van der Waals surface area contributed by atoms with Crippen molar-refractivity contribution in [2.75, 3.05) is 38.2 Å². The topological polar surface area (TPSA) is 76.2 Å². The fourth-order valence-corrected chi connectivity index (χ4v) is 5.33. The van der Waals surface area contributed by atoms with Crippen molar-refractivity contribution in [3.05, 3.63) is 89.0 Å². The third-order valence-corrected chi connectivity index (χ3v) is 6.85. The van der Waals surface area contributed by atoms with E-state index in [0.717, 1.165) is 44.8 Å². The molecule has 0 amide bonds. The molecule has 187 valence electrons. The fraction of sp³-hybridized carbons (Fsp3) is 0.379. The number of hydrogen-bond acceptors (Lipinski definition) is 4. The summed E-state index contributed by atoms with van der Waals surface area (Å²) in [7, 11) is 1.78. The first-order valence-electron chi connectivity index (χ1n) is 12.2. The molecule has 0 aromatic heterocycles. The van der Waals surface area contributed by atoms with Gasteiger partial charge in [-0.15, -0.1) is 0 Å². The summed E-state index contributed by atoms with van der Waals surface area (Å²) in [5.41, 5.74) is 6.35. The summed E-state index contributed by atoms with van der Waals surface area (Å²) in [6.07, 6.45) is 2.02. The number of aryl methyl sites for hydroxylation is 1. The Morgan fingerprint density at radius 2 is 1.60 bits per heavy atom. The van der Waals surface area contributed by atoms with Crippen molar-refractivity contribution in [1.29, 1.82) is 0 Å². The molecule has 6 heteroatoms. The van der Waals surface area contributed by atoms with E-state index >= 15 is 0 Å². The number of fused-ring (bicyclic) bond motifs is 1. The van der Waals surface area contributed by atoms with Crippen LogP contribution < -0.4 is 15.0 Å². The van der Waals surface area contributed by atoms with Crippen LogP contribution in [0, 0.1) is 0 Å². The van der Waals surface area contributed by atoms with Crippen LogP contribution in [-0.2, 0) is 25.0 Å². The van der Waals surface area contributed by atoms with Gasteiger partial charge >= 0.3 is 0 Å². The molecule has 5 nitrogen and oxygen atoms in total. The van der Waals surface area contributed by atoms with Gasteiger partial charge in [0.1, 0.15) is 11.5 Å². The van der Waals surface area contributed by atoms with E-state index in [1.807, 2.05) is 26.0 Å². The smallest absolute Gasteiger partial charge is 0.124 e. The van der Waals surface area contributed by atoms with Gasteiger partial charge < -0.3 is 25.5 Å². The van der Waals surface area contributed by atoms with Crippen LogP contribution in [0.2, 0.25) is 0 Å². The molecule has 2 atom stereocenters. The normalized spacial score (nSPS) is 18.7. The van der Waals surface area contributed by atoms with Crippen LogP contribution in [0.25, 0.3) is 0 Å². The molecule has 2 unspecified atom stereocenters. The van der Waals surface area contributed by atoms with Crippen molar-refractivity contribution in [3.8, 4) is 11.5 Å². The molecule has 1 saturated heterocycles. The van der Waals surface area contributed by atoms with Gasteiger partial charge in [0.15, 0.2) is 0 Å². The summed E-state index contributed by atoms with van der Waals surface area (Å²) < 4.78 is 5.96. The zero-order chi connectivity index (χ0) is 23.2. The quantitative estimate of drug-likeness (QED) is 0.522. The first kappa shape index (κ1) is 28.8. The largest absolute Gasteiger partial charge is 0.508 e. The number of hydrogen-bond donors (Lipinski definition) is 2. The van der Waals surface area contributed by atoms with Gasteiger partial charge in [0.2, 0.25) is 0 Å². The van der Waals surface area contributed by atoms with E-state index in [1.165, 1.54) is 27.9 Å². The molecule has 35 heavy (non-hydrogen) atoms. The van der Waals surface area contributed by atoms with Crippen molar-refractivity contribution < 1.29 is 33.9 Å². The van der Waals surface area contributed by atoms with Gasteiger partial charge in [-0.05, 0) is 53.6 Å². The molecule has 3 aromatic carbocycles. The van der Waals surface area contributed by atoms with Gasteiger partial charge in [-0.25, -0.2) is 0 Å². The van der Waals surface area contributed by atoms with Crippen molar-refractivity contribution in [2.45, 2.75) is 38.5 Å². The molecular weight excluding hydrogens is 475 g/mol. The first-order chi connectivity index (χ1) is 16.2. The molecular formula is C29H38N2O3V. The minimum atomic E-state index is 0. The number of methoxy groups -OCH3 is 1. The van der Waals surface area contributed by atoms with Gasteiger partial charge in [-0.2, -0.15) is 0 Å². The number of anilines is 1. The maximum Gasteiger partial charge on any atom is 0.124 e. The van der Waals surface area contributed by atoms with E-state index in [4.69, 9.17) is 4.74 Å². The molecule has 0 bridgehead atoms. The maximum atomic E-state index is 10.1. The zero-order valence-corrected chi connectivity index (χ0v) is 22.4. The zero-order valence-electron chi connectivity index (χ0n) is 21.0. The molecule has 0 saturated carbocycles. The number of phenols is 1. The molecule has 1 fully saturated rings. The van der Waals surface area contributed by atoms with Crippen LogP contribution in [-0.4, -0.2) is 43.9 Å². The molecule has 0 spiro atoms. The number of phenolic OH excluding ortho intramolecular Hbond substituents is 1. The predicted octanol–water partition coefficient (Wildman–Crippen LogP) is 4.87. The second kappa shape index (κ2) is 13.6. The molecule has 3 aromatic rings. The SMILES string of the molecule is CC.COc1cc(N2CCNCC2)ccc1C1c2ccc(O)cc2CCC1c1ccccc1.O.[V]. The minimum absolute atomic E-state index is 0. The van der Waals surface area contributed by atoms with Gasteiger partial charge in [0.25, 0.3) is 0 Å². The van der Waals surface area contributed by atoms with E-state index in [2.05, 4.69) is 64.8 Å². The fourth-order valence-electron chi connectivity index (χ4n) is 5.33. The Hall–Kier alpha value is -2.44. The number of ether oxygens (including phenoxy) is 1. The van der Waals surface area contributed by atoms with E-state index in [1.54, 1.807) is 7.11 Å². The van der Waals surface area contributed by atoms with Crippen molar-refractivity contribution >= 4 is 5.69 Å². The van der Waals surface area contributed by atoms with Crippen LogP contribution in [0.4, 0.5) is 5.69 Å². The summed E-state index contributed by atoms with van der Waals surface area (Å²) in [6.45, 7) is 8.06. The second-order valence-corrected chi connectivity index (χ2v) is 8.58. The van der Waals surface area contributed by atoms with Crippen molar-refractivity contribution in [3.63, 3.8) is 0 Å². The Morgan fingerprint density at radius 3 is 2.29 bits per heavy atom. The van der Waals surface area contributed by atoms with E-state index in [9.17, 15) is 5.11 Å². The third-order valence-electron chi connectivity index (χ3n) is 6.85. The number of nitrogens with zero attached hydrogens (tertiary/aromatic N) is 1. The molecule has 5 rings (SSSR count). The van der Waals surface area contributed by atoms with E-state index in [-0.39, 0.29) is 29.9 Å². The molecule has 1 heterocycles. The minimum Gasteiger partial charge on any atom is -0.508 e. The Morgan fingerprint density at radius 1 is 0.914 bits per heavy atom. The van der Waals surface area contributed by atoms with Crippen LogP contribution >= 0.6 is 0 Å².